The van der Waals surface area contributed by atoms with Crippen molar-refractivity contribution in [3.8, 4) is 0 Å². The van der Waals surface area contributed by atoms with Gasteiger partial charge in [-0.05, 0) is 37.1 Å². The van der Waals surface area contributed by atoms with Crippen molar-refractivity contribution in [1.29, 1.82) is 0 Å². The van der Waals surface area contributed by atoms with E-state index in [2.05, 4.69) is 10.6 Å². The molecule has 2 heterocycles. The molecule has 0 radical (unpaired) electrons. The first-order valence-electron chi connectivity index (χ1n) is 6.89. The number of nitrogens with one attached hydrogen (secondary N) is 2. The van der Waals surface area contributed by atoms with Crippen LogP contribution in [-0.4, -0.2) is 23.6 Å². The van der Waals surface area contributed by atoms with Crippen molar-refractivity contribution < 1.29 is 18.8 Å². The molecule has 0 aromatic carbocycles. The molecule has 0 aliphatic heterocycles. The molecule has 2 aromatic heterocycles. The van der Waals surface area contributed by atoms with Gasteiger partial charge in [0.2, 0.25) is 5.78 Å². The highest BCUT2D eigenvalue weighted by atomic mass is 32.1. The Hall–Kier alpha value is -2.41. The highest BCUT2D eigenvalue weighted by Crippen LogP contribution is 2.20. The minimum absolute atomic E-state index is 0.150. The average molecular weight is 318 g/mol. The summed E-state index contributed by atoms with van der Waals surface area (Å²) in [5, 5.41) is 5.16. The summed E-state index contributed by atoms with van der Waals surface area (Å²) in [4.78, 5) is 36.5. The number of ketones is 1. The molecule has 0 spiro atoms. The standard InChI is InChI=1S/C15H14N2O4S/c18-13(11-2-1-7-21-11)12-6-5-10(22-12)8-16-14(19)15(20)17-9-3-4-9/h1-2,5-7,9H,3-4,8H2,(H,16,19)(H,17,20). The van der Waals surface area contributed by atoms with Gasteiger partial charge in [0.1, 0.15) is 0 Å². The third-order valence-electron chi connectivity index (χ3n) is 3.17. The molecular weight excluding hydrogens is 304 g/mol. The molecule has 0 unspecified atom stereocenters. The van der Waals surface area contributed by atoms with Crippen molar-refractivity contribution in [1.82, 2.24) is 10.6 Å². The smallest absolute Gasteiger partial charge is 0.309 e. The summed E-state index contributed by atoms with van der Waals surface area (Å²) in [6.07, 6.45) is 3.31. The minimum Gasteiger partial charge on any atom is -0.461 e. The Kier molecular flexibility index (Phi) is 4.06. The quantitative estimate of drug-likeness (QED) is 0.645. The lowest BCUT2D eigenvalue weighted by atomic mass is 10.2. The molecule has 22 heavy (non-hydrogen) atoms. The summed E-state index contributed by atoms with van der Waals surface area (Å²) in [5.74, 6) is -1.18. The fourth-order valence-corrected chi connectivity index (χ4v) is 2.74. The van der Waals surface area contributed by atoms with Crippen LogP contribution >= 0.6 is 11.3 Å². The Morgan fingerprint density at radius 1 is 1.18 bits per heavy atom. The van der Waals surface area contributed by atoms with Gasteiger partial charge in [0.05, 0.1) is 17.7 Å². The highest BCUT2D eigenvalue weighted by molar-refractivity contribution is 7.14. The lowest BCUT2D eigenvalue weighted by Gasteiger charge is -2.03. The van der Waals surface area contributed by atoms with E-state index >= 15 is 0 Å². The van der Waals surface area contributed by atoms with E-state index < -0.39 is 11.8 Å². The second kappa shape index (κ2) is 6.15. The van der Waals surface area contributed by atoms with Gasteiger partial charge >= 0.3 is 11.8 Å². The van der Waals surface area contributed by atoms with Crippen LogP contribution in [0.2, 0.25) is 0 Å². The van der Waals surface area contributed by atoms with Crippen LogP contribution in [0.3, 0.4) is 0 Å². The molecule has 114 valence electrons. The number of thiophene rings is 1. The fraction of sp³-hybridized carbons (Fsp3) is 0.267. The number of carbonyl (C=O) groups is 3. The number of hydrogen-bond acceptors (Lipinski definition) is 5. The van der Waals surface area contributed by atoms with Crippen LogP contribution in [0.5, 0.6) is 0 Å². The maximum atomic E-state index is 12.1. The van der Waals surface area contributed by atoms with E-state index in [1.807, 2.05) is 0 Å². The Morgan fingerprint density at radius 3 is 2.68 bits per heavy atom. The number of amides is 2. The average Bonchev–Trinajstić information content (AvgIpc) is 3.01. The number of furan rings is 1. The molecular formula is C15H14N2O4S. The van der Waals surface area contributed by atoms with E-state index in [1.54, 1.807) is 24.3 Å². The summed E-state index contributed by atoms with van der Waals surface area (Å²) >= 11 is 1.26. The van der Waals surface area contributed by atoms with Gasteiger partial charge in [-0.3, -0.25) is 14.4 Å². The van der Waals surface area contributed by atoms with Crippen molar-refractivity contribution in [2.75, 3.05) is 0 Å². The zero-order chi connectivity index (χ0) is 15.5. The zero-order valence-corrected chi connectivity index (χ0v) is 12.4. The predicted molar refractivity (Wildman–Crippen MR) is 79.5 cm³/mol. The Labute approximate surface area is 130 Å². The van der Waals surface area contributed by atoms with Crippen LogP contribution in [0.4, 0.5) is 0 Å². The third kappa shape index (κ3) is 3.43. The fourth-order valence-electron chi connectivity index (χ4n) is 1.85. The van der Waals surface area contributed by atoms with E-state index in [4.69, 9.17) is 4.42 Å². The molecule has 1 fully saturated rings. The molecule has 0 atom stereocenters. The van der Waals surface area contributed by atoms with Crippen LogP contribution in [0, 0.1) is 0 Å². The summed E-state index contributed by atoms with van der Waals surface area (Å²) in [6.45, 7) is 0.215. The van der Waals surface area contributed by atoms with E-state index in [0.717, 1.165) is 17.7 Å². The summed E-state index contributed by atoms with van der Waals surface area (Å²) in [7, 11) is 0. The SMILES string of the molecule is O=C(NCc1ccc(C(=O)c2ccco2)s1)C(=O)NC1CC1. The van der Waals surface area contributed by atoms with Gasteiger partial charge in [-0.15, -0.1) is 11.3 Å². The highest BCUT2D eigenvalue weighted by Gasteiger charge is 2.26. The van der Waals surface area contributed by atoms with Crippen LogP contribution in [-0.2, 0) is 16.1 Å². The lowest BCUT2D eigenvalue weighted by molar-refractivity contribution is -0.139. The van der Waals surface area contributed by atoms with Crippen molar-refractivity contribution in [3.05, 3.63) is 46.0 Å². The number of rotatable bonds is 5. The lowest BCUT2D eigenvalue weighted by Crippen LogP contribution is -2.40. The second-order valence-corrected chi connectivity index (χ2v) is 6.17. The predicted octanol–water partition coefficient (Wildman–Crippen LogP) is 1.47. The van der Waals surface area contributed by atoms with E-state index in [9.17, 15) is 14.4 Å². The van der Waals surface area contributed by atoms with Crippen LogP contribution in [0.1, 0.15) is 33.2 Å². The van der Waals surface area contributed by atoms with Crippen LogP contribution in [0.15, 0.2) is 34.9 Å². The van der Waals surface area contributed by atoms with Crippen molar-refractivity contribution >= 4 is 28.9 Å². The van der Waals surface area contributed by atoms with Gasteiger partial charge in [-0.1, -0.05) is 0 Å². The van der Waals surface area contributed by atoms with Gasteiger partial charge in [-0.2, -0.15) is 0 Å². The van der Waals surface area contributed by atoms with E-state index in [1.165, 1.54) is 17.6 Å². The molecule has 2 N–H and O–H groups in total. The van der Waals surface area contributed by atoms with E-state index in [0.29, 0.717) is 4.88 Å². The molecule has 2 aromatic rings. The van der Waals surface area contributed by atoms with Crippen molar-refractivity contribution in [2.45, 2.75) is 25.4 Å². The first kappa shape index (κ1) is 14.5. The first-order chi connectivity index (χ1) is 10.6. The molecule has 1 aliphatic carbocycles. The molecule has 3 rings (SSSR count). The summed E-state index contributed by atoms with van der Waals surface area (Å²) in [6, 6.07) is 6.84. The Balaban J connectivity index is 1.54. The van der Waals surface area contributed by atoms with Gasteiger partial charge in [0.25, 0.3) is 0 Å². The molecule has 1 aliphatic rings. The molecule has 1 saturated carbocycles. The maximum absolute atomic E-state index is 12.1. The van der Waals surface area contributed by atoms with Crippen LogP contribution < -0.4 is 10.6 Å². The van der Waals surface area contributed by atoms with Gasteiger partial charge in [0, 0.05) is 10.9 Å². The number of hydrogen-bond donors (Lipinski definition) is 2. The Morgan fingerprint density at radius 2 is 2.00 bits per heavy atom. The zero-order valence-electron chi connectivity index (χ0n) is 11.6. The second-order valence-electron chi connectivity index (χ2n) is 5.00. The summed E-state index contributed by atoms with van der Waals surface area (Å²) < 4.78 is 5.07. The molecule has 0 saturated heterocycles. The van der Waals surface area contributed by atoms with Gasteiger partial charge in [-0.25, -0.2) is 0 Å². The largest absolute Gasteiger partial charge is 0.461 e. The maximum Gasteiger partial charge on any atom is 0.309 e. The van der Waals surface area contributed by atoms with Gasteiger partial charge in [0.15, 0.2) is 5.76 Å². The summed E-state index contributed by atoms with van der Waals surface area (Å²) in [5.41, 5.74) is 0. The van der Waals surface area contributed by atoms with Crippen molar-refractivity contribution in [3.63, 3.8) is 0 Å². The van der Waals surface area contributed by atoms with Crippen LogP contribution in [0.25, 0.3) is 0 Å². The molecule has 0 bridgehead atoms. The van der Waals surface area contributed by atoms with Crippen molar-refractivity contribution in [2.24, 2.45) is 0 Å². The third-order valence-corrected chi connectivity index (χ3v) is 4.26. The Bertz CT molecular complexity index is 701. The normalized spacial score (nSPS) is 13.6. The number of carbonyl (C=O) groups excluding carboxylic acids is 3. The first-order valence-corrected chi connectivity index (χ1v) is 7.71. The minimum atomic E-state index is -0.654. The molecule has 2 amide bonds. The molecule has 7 heteroatoms. The monoisotopic (exact) mass is 318 g/mol. The van der Waals surface area contributed by atoms with E-state index in [-0.39, 0.29) is 24.1 Å². The molecule has 6 nitrogen and oxygen atoms in total. The van der Waals surface area contributed by atoms with Gasteiger partial charge < -0.3 is 15.1 Å². The topological polar surface area (TPSA) is 88.4 Å².